The number of sulfonamides is 1. The molecule has 5 rings (SSSR count). The number of halogens is 4. The van der Waals surface area contributed by atoms with Gasteiger partial charge < -0.3 is 20.4 Å². The number of nitrogens with zero attached hydrogens (tertiary/aromatic N) is 5. The summed E-state index contributed by atoms with van der Waals surface area (Å²) in [5.41, 5.74) is 1.33. The number of hydrogen-bond acceptors (Lipinski definition) is 9. The molecular weight excluding hydrogens is 664 g/mol. The molecule has 0 bridgehead atoms. The number of hydrogen-bond donors (Lipinski definition) is 3. The van der Waals surface area contributed by atoms with Gasteiger partial charge in [0, 0.05) is 92.3 Å². The number of benzene rings is 1. The molecule has 2 fully saturated rings. The summed E-state index contributed by atoms with van der Waals surface area (Å²) < 4.78 is 83.6. The smallest absolute Gasteiger partial charge is 0.390 e. The molecule has 2 saturated heterocycles. The van der Waals surface area contributed by atoms with Crippen molar-refractivity contribution in [1.82, 2.24) is 29.2 Å². The summed E-state index contributed by atoms with van der Waals surface area (Å²) in [7, 11) is -3.56. The maximum absolute atomic E-state index is 14.0. The summed E-state index contributed by atoms with van der Waals surface area (Å²) in [5.74, 6) is -0.0837. The summed E-state index contributed by atoms with van der Waals surface area (Å²) in [6.07, 6.45) is -3.14. The second-order valence-electron chi connectivity index (χ2n) is 12.5. The minimum absolute atomic E-state index is 0.00945. The molecule has 0 aliphatic carbocycles. The average Bonchev–Trinajstić information content (AvgIpc) is 3.59. The topological polar surface area (TPSA) is 131 Å². The second kappa shape index (κ2) is 15.1. The number of fused-ring (bicyclic) bond motifs is 1. The summed E-state index contributed by atoms with van der Waals surface area (Å²) in [6, 6.07) is 3.77. The molecule has 2 atom stereocenters. The highest BCUT2D eigenvalue weighted by molar-refractivity contribution is 7.99. The zero-order valence-corrected chi connectivity index (χ0v) is 27.9. The van der Waals surface area contributed by atoms with E-state index in [1.165, 1.54) is 16.4 Å². The van der Waals surface area contributed by atoms with Gasteiger partial charge in [-0.1, -0.05) is 6.07 Å². The van der Waals surface area contributed by atoms with Gasteiger partial charge in [0.05, 0.1) is 30.2 Å². The van der Waals surface area contributed by atoms with Crippen LogP contribution in [0.4, 0.5) is 17.6 Å². The fourth-order valence-electron chi connectivity index (χ4n) is 6.52. The number of aliphatic hydroxyl groups is 2. The van der Waals surface area contributed by atoms with Crippen LogP contribution in [0, 0.1) is 0 Å². The number of nitrogens with one attached hydrogen (secondary N) is 1. The Hall–Kier alpha value is -2.28. The van der Waals surface area contributed by atoms with Crippen LogP contribution in [0.2, 0.25) is 0 Å². The van der Waals surface area contributed by atoms with Crippen LogP contribution in [0.25, 0.3) is 11.3 Å². The van der Waals surface area contributed by atoms with Crippen molar-refractivity contribution in [3.05, 3.63) is 35.0 Å². The van der Waals surface area contributed by atoms with Crippen LogP contribution in [-0.2, 0) is 40.5 Å². The third kappa shape index (κ3) is 9.25. The molecule has 3 aliphatic rings. The second-order valence-corrected chi connectivity index (χ2v) is 15.6. The number of β-amino-alcohol motifs (C(OH)–C–C–N with tert-alkyl or cyclic N) is 1. The normalized spacial score (nSPS) is 21.2. The molecule has 1 amide bonds. The number of likely N-dealkylation sites (tertiary alicyclic amines) is 2. The molecular formula is C30H42F4N6O5S2. The fraction of sp³-hybridized carbons (Fsp3) is 0.667. The van der Waals surface area contributed by atoms with Gasteiger partial charge >= 0.3 is 6.18 Å². The van der Waals surface area contributed by atoms with Gasteiger partial charge in [0.15, 0.2) is 0 Å². The van der Waals surface area contributed by atoms with Gasteiger partial charge in [0.25, 0.3) is 0 Å². The molecule has 1 aromatic carbocycles. The molecule has 4 heterocycles. The van der Waals surface area contributed by atoms with Crippen molar-refractivity contribution < 1.29 is 41.0 Å². The summed E-state index contributed by atoms with van der Waals surface area (Å²) >= 11 is 1.05. The molecule has 2 aromatic rings. The zero-order valence-electron chi connectivity index (χ0n) is 26.3. The molecule has 262 valence electrons. The predicted molar refractivity (Wildman–Crippen MR) is 169 cm³/mol. The van der Waals surface area contributed by atoms with Crippen LogP contribution in [0.3, 0.4) is 0 Å². The molecule has 47 heavy (non-hydrogen) atoms. The van der Waals surface area contributed by atoms with Gasteiger partial charge in [-0.05, 0) is 31.4 Å². The number of carbonyl (C=O) groups is 1. The molecule has 0 saturated carbocycles. The molecule has 0 radical (unpaired) electrons. The van der Waals surface area contributed by atoms with E-state index < -0.39 is 46.6 Å². The molecule has 3 N–H and O–H groups in total. The van der Waals surface area contributed by atoms with E-state index in [0.717, 1.165) is 29.8 Å². The van der Waals surface area contributed by atoms with Crippen molar-refractivity contribution in [3.8, 4) is 11.3 Å². The van der Waals surface area contributed by atoms with E-state index in [1.54, 1.807) is 4.68 Å². The predicted octanol–water partition coefficient (Wildman–Crippen LogP) is 1.96. The first kappa shape index (κ1) is 36.0. The highest BCUT2D eigenvalue weighted by Crippen LogP contribution is 2.40. The van der Waals surface area contributed by atoms with E-state index in [0.29, 0.717) is 81.0 Å². The van der Waals surface area contributed by atoms with Crippen LogP contribution in [-0.4, -0.2) is 131 Å². The summed E-state index contributed by atoms with van der Waals surface area (Å²) in [4.78, 5) is 15.5. The Bertz CT molecular complexity index is 1520. The van der Waals surface area contributed by atoms with Crippen molar-refractivity contribution >= 4 is 27.7 Å². The lowest BCUT2D eigenvalue weighted by Crippen LogP contribution is -2.47. The van der Waals surface area contributed by atoms with Gasteiger partial charge in [-0.3, -0.25) is 14.4 Å². The average molecular weight is 707 g/mol. The summed E-state index contributed by atoms with van der Waals surface area (Å²) in [5, 5.41) is 27.6. The number of aliphatic hydroxyl groups excluding tert-OH is 2. The van der Waals surface area contributed by atoms with E-state index >= 15 is 0 Å². The van der Waals surface area contributed by atoms with Crippen LogP contribution >= 0.6 is 11.8 Å². The lowest BCUT2D eigenvalue weighted by atomic mass is 10.0. The van der Waals surface area contributed by atoms with Crippen LogP contribution < -0.4 is 5.32 Å². The first-order chi connectivity index (χ1) is 22.2. The standard InChI is InChI=1S/C30H42F4N6O5S2/c1-47(44,45)39-11-7-26-24(18-39)29(36-40(26)17-23(42)16-37-9-5-22(6-10-37)35-28(43)19-41)20-2-3-25(30(32,33)34)27(14-20)46-13-12-38-8-4-21(31)15-38/h2-3,14,21-23,41-42H,4-13,15-19H2,1H3,(H,35,43). The van der Waals surface area contributed by atoms with E-state index in [2.05, 4.69) is 10.2 Å². The summed E-state index contributed by atoms with van der Waals surface area (Å²) in [6.45, 7) is 2.67. The number of carbonyl (C=O) groups excluding carboxylic acids is 1. The Morgan fingerprint density at radius 1 is 1.13 bits per heavy atom. The van der Waals surface area contributed by atoms with Crippen LogP contribution in [0.1, 0.15) is 36.1 Å². The monoisotopic (exact) mass is 706 g/mol. The minimum Gasteiger partial charge on any atom is -0.390 e. The quantitative estimate of drug-likeness (QED) is 0.224. The molecule has 17 heteroatoms. The Labute approximate surface area is 276 Å². The Morgan fingerprint density at radius 2 is 1.85 bits per heavy atom. The van der Waals surface area contributed by atoms with Crippen LogP contribution in [0.5, 0.6) is 0 Å². The lowest BCUT2D eigenvalue weighted by Gasteiger charge is -2.33. The van der Waals surface area contributed by atoms with Crippen molar-refractivity contribution in [2.45, 2.75) is 68.2 Å². The Balaban J connectivity index is 1.36. The third-order valence-corrected chi connectivity index (χ3v) is 11.2. The molecule has 0 spiro atoms. The maximum Gasteiger partial charge on any atom is 0.417 e. The van der Waals surface area contributed by atoms with Crippen molar-refractivity contribution in [2.75, 3.05) is 64.4 Å². The fourth-order valence-corrected chi connectivity index (χ4v) is 8.42. The Morgan fingerprint density at radius 3 is 2.49 bits per heavy atom. The van der Waals surface area contributed by atoms with Gasteiger partial charge in [-0.2, -0.15) is 22.6 Å². The first-order valence-corrected chi connectivity index (χ1v) is 18.6. The molecule has 3 aliphatic heterocycles. The Kier molecular flexibility index (Phi) is 11.6. The number of alkyl halides is 4. The van der Waals surface area contributed by atoms with Crippen molar-refractivity contribution in [1.29, 1.82) is 0 Å². The minimum atomic E-state index is -4.59. The van der Waals surface area contributed by atoms with Crippen molar-refractivity contribution in [3.63, 3.8) is 0 Å². The first-order valence-electron chi connectivity index (χ1n) is 15.8. The SMILES string of the molecule is CS(=O)(=O)N1CCc2c(c(-c3ccc(C(F)(F)F)c(SCCN4CCC(F)C4)c3)nn2CC(O)CN2CCC(NC(=O)CO)CC2)C1. The van der Waals surface area contributed by atoms with Gasteiger partial charge in [0.2, 0.25) is 15.9 Å². The van der Waals surface area contributed by atoms with Crippen LogP contribution in [0.15, 0.2) is 23.1 Å². The lowest BCUT2D eigenvalue weighted by molar-refractivity contribution is -0.139. The number of rotatable bonds is 12. The maximum atomic E-state index is 14.0. The molecule has 1 aromatic heterocycles. The van der Waals surface area contributed by atoms with E-state index in [4.69, 9.17) is 10.2 Å². The van der Waals surface area contributed by atoms with Gasteiger partial charge in [-0.15, -0.1) is 11.8 Å². The van der Waals surface area contributed by atoms with Gasteiger partial charge in [0.1, 0.15) is 12.8 Å². The van der Waals surface area contributed by atoms with Crippen molar-refractivity contribution in [2.24, 2.45) is 0 Å². The van der Waals surface area contributed by atoms with E-state index in [9.17, 15) is 35.9 Å². The molecule has 11 nitrogen and oxygen atoms in total. The zero-order chi connectivity index (χ0) is 33.9. The number of piperidine rings is 1. The van der Waals surface area contributed by atoms with Gasteiger partial charge in [-0.25, -0.2) is 12.8 Å². The highest BCUT2D eigenvalue weighted by Gasteiger charge is 2.35. The number of amides is 1. The number of aromatic nitrogens is 2. The highest BCUT2D eigenvalue weighted by atomic mass is 32.2. The largest absolute Gasteiger partial charge is 0.417 e. The van der Waals surface area contributed by atoms with E-state index in [-0.39, 0.29) is 37.1 Å². The third-order valence-electron chi connectivity index (χ3n) is 8.96. The number of thioether (sulfide) groups is 1. The van der Waals surface area contributed by atoms with E-state index in [1.807, 2.05) is 4.90 Å². The molecule has 2 unspecified atom stereocenters.